The smallest absolute Gasteiger partial charge is 0.115 e. The predicted octanol–water partition coefficient (Wildman–Crippen LogP) is 3.20. The molecule has 0 spiro atoms. The minimum atomic E-state index is -0.639. The number of aliphatic hydroxyl groups excluding tert-OH is 1. The van der Waals surface area contributed by atoms with Crippen LogP contribution in [0.25, 0.3) is 6.08 Å². The molecule has 3 rings (SSSR count). The summed E-state index contributed by atoms with van der Waals surface area (Å²) < 4.78 is 0. The van der Waals surface area contributed by atoms with Crippen LogP contribution >= 0.6 is 0 Å². The molecule has 0 saturated carbocycles. The van der Waals surface area contributed by atoms with E-state index in [2.05, 4.69) is 4.99 Å². The molecule has 0 saturated heterocycles. The third kappa shape index (κ3) is 1.98. The molecule has 1 N–H and O–H groups in total. The van der Waals surface area contributed by atoms with Gasteiger partial charge in [-0.3, -0.25) is 0 Å². The van der Waals surface area contributed by atoms with Crippen LogP contribution in [0.2, 0.25) is 0 Å². The highest BCUT2D eigenvalue weighted by Crippen LogP contribution is 2.22. The molecular weight excluding hydrogens is 222 g/mol. The zero-order valence-electron chi connectivity index (χ0n) is 9.82. The van der Waals surface area contributed by atoms with Crippen LogP contribution < -0.4 is 0 Å². The molecule has 2 heteroatoms. The van der Waals surface area contributed by atoms with Gasteiger partial charge in [-0.05, 0) is 23.8 Å². The SMILES string of the molecule is OC1C=Cc2ccccc2C1=Nc1ccccc1. The van der Waals surface area contributed by atoms with E-state index < -0.39 is 6.10 Å². The molecule has 1 aliphatic carbocycles. The summed E-state index contributed by atoms with van der Waals surface area (Å²) in [5, 5.41) is 10.1. The second-order valence-corrected chi connectivity index (χ2v) is 4.22. The van der Waals surface area contributed by atoms with E-state index in [9.17, 15) is 5.11 Å². The molecule has 2 aromatic rings. The van der Waals surface area contributed by atoms with Gasteiger partial charge in [0.1, 0.15) is 6.10 Å². The molecule has 0 bridgehead atoms. The molecule has 2 nitrogen and oxygen atoms in total. The van der Waals surface area contributed by atoms with Crippen LogP contribution in [0.4, 0.5) is 5.69 Å². The Kier molecular flexibility index (Phi) is 2.79. The van der Waals surface area contributed by atoms with Gasteiger partial charge in [-0.2, -0.15) is 0 Å². The fourth-order valence-corrected chi connectivity index (χ4v) is 2.09. The molecule has 0 radical (unpaired) electrons. The lowest BCUT2D eigenvalue weighted by Crippen LogP contribution is -2.22. The van der Waals surface area contributed by atoms with Crippen molar-refractivity contribution in [3.8, 4) is 0 Å². The fraction of sp³-hybridized carbons (Fsp3) is 0.0625. The summed E-state index contributed by atoms with van der Waals surface area (Å²) in [5.41, 5.74) is 3.66. The van der Waals surface area contributed by atoms with Crippen molar-refractivity contribution in [1.29, 1.82) is 0 Å². The van der Waals surface area contributed by atoms with Gasteiger partial charge < -0.3 is 5.11 Å². The van der Waals surface area contributed by atoms with Gasteiger partial charge in [0, 0.05) is 5.56 Å². The second kappa shape index (κ2) is 4.59. The maximum absolute atomic E-state index is 10.1. The van der Waals surface area contributed by atoms with E-state index in [0.29, 0.717) is 5.71 Å². The Balaban J connectivity index is 2.11. The van der Waals surface area contributed by atoms with E-state index in [-0.39, 0.29) is 0 Å². The lowest BCUT2D eigenvalue weighted by molar-refractivity contribution is 0.289. The zero-order chi connectivity index (χ0) is 12.4. The standard InChI is InChI=1S/C16H13NO/c18-15-11-10-12-6-4-5-9-14(12)16(15)17-13-7-2-1-3-8-13/h1-11,15,18H. The maximum Gasteiger partial charge on any atom is 0.115 e. The maximum atomic E-state index is 10.1. The molecule has 0 amide bonds. The van der Waals surface area contributed by atoms with Crippen LogP contribution in [0.5, 0.6) is 0 Å². The first kappa shape index (κ1) is 10.9. The third-order valence-electron chi connectivity index (χ3n) is 2.98. The third-order valence-corrected chi connectivity index (χ3v) is 2.98. The Bertz CT molecular complexity index is 614. The molecule has 18 heavy (non-hydrogen) atoms. The van der Waals surface area contributed by atoms with Crippen LogP contribution in [-0.2, 0) is 0 Å². The van der Waals surface area contributed by atoms with Crippen LogP contribution in [-0.4, -0.2) is 16.9 Å². The van der Waals surface area contributed by atoms with E-state index in [1.807, 2.05) is 60.7 Å². The highest BCUT2D eigenvalue weighted by Gasteiger charge is 2.18. The van der Waals surface area contributed by atoms with Gasteiger partial charge in [-0.15, -0.1) is 0 Å². The molecular formula is C16H13NO. The van der Waals surface area contributed by atoms with E-state index >= 15 is 0 Å². The molecule has 1 aliphatic rings. The van der Waals surface area contributed by atoms with Gasteiger partial charge in [0.2, 0.25) is 0 Å². The van der Waals surface area contributed by atoms with Crippen LogP contribution in [0, 0.1) is 0 Å². The van der Waals surface area contributed by atoms with E-state index in [1.165, 1.54) is 0 Å². The largest absolute Gasteiger partial charge is 0.383 e. The minimum absolute atomic E-state index is 0.639. The Morgan fingerprint density at radius 2 is 1.61 bits per heavy atom. The summed E-state index contributed by atoms with van der Waals surface area (Å²) in [6.45, 7) is 0. The number of benzene rings is 2. The number of aliphatic imine (C=N–C) groups is 1. The molecule has 1 unspecified atom stereocenters. The Morgan fingerprint density at radius 1 is 0.889 bits per heavy atom. The first-order valence-electron chi connectivity index (χ1n) is 5.94. The van der Waals surface area contributed by atoms with Crippen molar-refractivity contribution in [3.05, 3.63) is 71.8 Å². The number of hydrogen-bond donors (Lipinski definition) is 1. The van der Waals surface area contributed by atoms with Gasteiger partial charge in [-0.1, -0.05) is 48.5 Å². The number of hydrogen-bond acceptors (Lipinski definition) is 2. The zero-order valence-corrected chi connectivity index (χ0v) is 9.82. The molecule has 0 fully saturated rings. The summed E-state index contributed by atoms with van der Waals surface area (Å²) in [6.07, 6.45) is 3.06. The Morgan fingerprint density at radius 3 is 2.44 bits per heavy atom. The van der Waals surface area contributed by atoms with Gasteiger partial charge in [0.15, 0.2) is 0 Å². The number of para-hydroxylation sites is 1. The van der Waals surface area contributed by atoms with Crippen molar-refractivity contribution in [2.24, 2.45) is 4.99 Å². The van der Waals surface area contributed by atoms with Crippen LogP contribution in [0.1, 0.15) is 11.1 Å². The molecule has 0 aromatic heterocycles. The summed E-state index contributed by atoms with van der Waals surface area (Å²) in [5.74, 6) is 0. The Labute approximate surface area is 106 Å². The van der Waals surface area contributed by atoms with Gasteiger partial charge >= 0.3 is 0 Å². The van der Waals surface area contributed by atoms with E-state index in [1.54, 1.807) is 6.08 Å². The highest BCUT2D eigenvalue weighted by atomic mass is 16.3. The average molecular weight is 235 g/mol. The Hall–Kier alpha value is -2.19. The van der Waals surface area contributed by atoms with Crippen molar-refractivity contribution >= 4 is 17.5 Å². The first-order valence-corrected chi connectivity index (χ1v) is 5.94. The number of rotatable bonds is 1. The summed E-state index contributed by atoms with van der Waals surface area (Å²) >= 11 is 0. The quantitative estimate of drug-likeness (QED) is 0.809. The van der Waals surface area contributed by atoms with Crippen molar-refractivity contribution in [2.75, 3.05) is 0 Å². The van der Waals surface area contributed by atoms with Crippen molar-refractivity contribution < 1.29 is 5.11 Å². The first-order chi connectivity index (χ1) is 8.84. The fourth-order valence-electron chi connectivity index (χ4n) is 2.09. The molecule has 0 heterocycles. The topological polar surface area (TPSA) is 32.6 Å². The number of fused-ring (bicyclic) bond motifs is 1. The van der Waals surface area contributed by atoms with Crippen molar-refractivity contribution in [2.45, 2.75) is 6.10 Å². The van der Waals surface area contributed by atoms with Gasteiger partial charge in [0.25, 0.3) is 0 Å². The summed E-state index contributed by atoms with van der Waals surface area (Å²) in [6, 6.07) is 17.7. The normalized spacial score (nSPS) is 19.8. The van der Waals surface area contributed by atoms with Gasteiger partial charge in [0.05, 0.1) is 11.4 Å². The highest BCUT2D eigenvalue weighted by molar-refractivity contribution is 6.10. The van der Waals surface area contributed by atoms with Crippen LogP contribution in [0.3, 0.4) is 0 Å². The van der Waals surface area contributed by atoms with Crippen LogP contribution in [0.15, 0.2) is 65.7 Å². The monoisotopic (exact) mass is 235 g/mol. The number of nitrogens with zero attached hydrogens (tertiary/aromatic N) is 1. The average Bonchev–Trinajstić information content (AvgIpc) is 2.43. The molecule has 1 atom stereocenters. The van der Waals surface area contributed by atoms with Crippen molar-refractivity contribution in [3.63, 3.8) is 0 Å². The molecule has 88 valence electrons. The molecule has 2 aromatic carbocycles. The van der Waals surface area contributed by atoms with Crippen molar-refractivity contribution in [1.82, 2.24) is 0 Å². The van der Waals surface area contributed by atoms with E-state index in [0.717, 1.165) is 16.8 Å². The summed E-state index contributed by atoms with van der Waals surface area (Å²) in [7, 11) is 0. The minimum Gasteiger partial charge on any atom is -0.383 e. The number of aliphatic hydroxyl groups is 1. The van der Waals surface area contributed by atoms with E-state index in [4.69, 9.17) is 0 Å². The van der Waals surface area contributed by atoms with Gasteiger partial charge in [-0.25, -0.2) is 4.99 Å². The lowest BCUT2D eigenvalue weighted by Gasteiger charge is -2.17. The predicted molar refractivity (Wildman–Crippen MR) is 74.1 cm³/mol. The second-order valence-electron chi connectivity index (χ2n) is 4.22. The molecule has 0 aliphatic heterocycles. The lowest BCUT2D eigenvalue weighted by atomic mass is 9.93. The summed E-state index contributed by atoms with van der Waals surface area (Å²) in [4.78, 5) is 4.56.